The van der Waals surface area contributed by atoms with Gasteiger partial charge in [-0.25, -0.2) is 0 Å². The summed E-state index contributed by atoms with van der Waals surface area (Å²) in [7, 11) is 0. The topological polar surface area (TPSA) is 110 Å². The van der Waals surface area contributed by atoms with Crippen molar-refractivity contribution >= 4 is 11.6 Å². The molecule has 1 amide bonds. The molecule has 0 unspecified atom stereocenters. The molecule has 1 aromatic heterocycles. The highest BCUT2D eigenvalue weighted by Crippen LogP contribution is 2.25. The van der Waals surface area contributed by atoms with Gasteiger partial charge in [0.15, 0.2) is 5.76 Å². The average molecular weight is 459 g/mol. The first-order valence-electron chi connectivity index (χ1n) is 9.47. The quantitative estimate of drug-likeness (QED) is 0.352. The molecule has 0 saturated heterocycles. The van der Waals surface area contributed by atoms with Gasteiger partial charge in [-0.1, -0.05) is 30.3 Å². The van der Waals surface area contributed by atoms with Gasteiger partial charge in [0.25, 0.3) is 11.6 Å². The molecule has 0 atom stereocenters. The van der Waals surface area contributed by atoms with Gasteiger partial charge in [0.1, 0.15) is 30.7 Å². The van der Waals surface area contributed by atoms with E-state index in [1.807, 2.05) is 6.07 Å². The zero-order chi connectivity index (χ0) is 24.0. The molecule has 0 aliphatic carbocycles. The fourth-order valence-electron chi connectivity index (χ4n) is 3.00. The number of furan rings is 1. The van der Waals surface area contributed by atoms with Crippen LogP contribution in [0.3, 0.4) is 0 Å². The molecule has 0 fully saturated rings. The first kappa shape index (κ1) is 23.3. The molecule has 1 heterocycles. The van der Waals surface area contributed by atoms with E-state index in [-0.39, 0.29) is 35.0 Å². The van der Waals surface area contributed by atoms with Crippen molar-refractivity contribution in [2.45, 2.75) is 19.3 Å². The first-order chi connectivity index (χ1) is 15.7. The summed E-state index contributed by atoms with van der Waals surface area (Å²) in [6.45, 7) is -2.44. The van der Waals surface area contributed by atoms with Gasteiger partial charge < -0.3 is 14.1 Å². The number of ether oxygens (including phenoxy) is 1. The van der Waals surface area contributed by atoms with E-state index < -0.39 is 35.8 Å². The zero-order valence-electron chi connectivity index (χ0n) is 16.9. The highest BCUT2D eigenvalue weighted by atomic mass is 19.4. The molecule has 2 aromatic carbocycles. The Balaban J connectivity index is 1.79. The molecule has 3 rings (SSSR count). The Kier molecular flexibility index (Phi) is 6.97. The van der Waals surface area contributed by atoms with Crippen LogP contribution in [-0.4, -0.2) is 28.5 Å². The lowest BCUT2D eigenvalue weighted by Crippen LogP contribution is -2.38. The smallest absolute Gasteiger partial charge is 0.406 e. The molecule has 8 nitrogen and oxygen atoms in total. The summed E-state index contributed by atoms with van der Waals surface area (Å²) in [4.78, 5) is 23.7. The highest BCUT2D eigenvalue weighted by Gasteiger charge is 2.35. The van der Waals surface area contributed by atoms with Crippen LogP contribution in [0.1, 0.15) is 27.4 Å². The predicted molar refractivity (Wildman–Crippen MR) is 108 cm³/mol. The molecule has 0 spiro atoms. The van der Waals surface area contributed by atoms with Gasteiger partial charge in [-0.2, -0.15) is 18.4 Å². The third-order valence-electron chi connectivity index (χ3n) is 4.46. The van der Waals surface area contributed by atoms with E-state index in [4.69, 9.17) is 14.4 Å². The van der Waals surface area contributed by atoms with Gasteiger partial charge >= 0.3 is 6.18 Å². The maximum atomic E-state index is 13.1. The summed E-state index contributed by atoms with van der Waals surface area (Å²) in [5.41, 5.74) is -0.174. The maximum Gasteiger partial charge on any atom is 0.406 e. The lowest BCUT2D eigenvalue weighted by Gasteiger charge is -2.23. The summed E-state index contributed by atoms with van der Waals surface area (Å²) in [5, 5.41) is 20.3. The van der Waals surface area contributed by atoms with Crippen molar-refractivity contribution in [2.75, 3.05) is 6.54 Å². The van der Waals surface area contributed by atoms with Gasteiger partial charge in [0.05, 0.1) is 17.0 Å². The fraction of sp³-hybridized carbons (Fsp3) is 0.182. The number of para-hydroxylation sites is 2. The minimum atomic E-state index is -4.74. The van der Waals surface area contributed by atoms with Crippen molar-refractivity contribution in [3.8, 4) is 11.8 Å². The summed E-state index contributed by atoms with van der Waals surface area (Å²) < 4.78 is 50.2. The number of carbonyl (C=O) groups is 1. The molecule has 0 bridgehead atoms. The van der Waals surface area contributed by atoms with Crippen molar-refractivity contribution < 1.29 is 32.0 Å². The van der Waals surface area contributed by atoms with Crippen LogP contribution in [-0.2, 0) is 13.2 Å². The average Bonchev–Trinajstić information content (AvgIpc) is 3.25. The summed E-state index contributed by atoms with van der Waals surface area (Å²) >= 11 is 0. The number of nitrogens with zero attached hydrogens (tertiary/aromatic N) is 3. The zero-order valence-corrected chi connectivity index (χ0v) is 16.9. The minimum absolute atomic E-state index is 0.0525. The lowest BCUT2D eigenvalue weighted by molar-refractivity contribution is -0.385. The Bertz CT molecular complexity index is 1200. The Morgan fingerprint density at radius 3 is 2.52 bits per heavy atom. The van der Waals surface area contributed by atoms with Gasteiger partial charge in [-0.05, 0) is 24.3 Å². The number of carbonyl (C=O) groups excluding carboxylic acids is 1. The van der Waals surface area contributed by atoms with Crippen LogP contribution in [0.2, 0.25) is 0 Å². The first-order valence-corrected chi connectivity index (χ1v) is 9.47. The molecule has 11 heteroatoms. The van der Waals surface area contributed by atoms with E-state index in [9.17, 15) is 28.1 Å². The largest absolute Gasteiger partial charge is 0.484 e. The Morgan fingerprint density at radius 2 is 1.82 bits per heavy atom. The number of rotatable bonds is 8. The second kappa shape index (κ2) is 9.86. The Labute approximate surface area is 185 Å². The van der Waals surface area contributed by atoms with E-state index in [0.29, 0.717) is 4.90 Å². The monoisotopic (exact) mass is 459 g/mol. The molecule has 170 valence electrons. The number of halogens is 3. The molecule has 0 N–H and O–H groups in total. The van der Waals surface area contributed by atoms with Crippen LogP contribution in [0.4, 0.5) is 18.9 Å². The molecule has 0 saturated carbocycles. The standard InChI is InChI=1S/C22H16F3N3O5/c23-22(24,25)14-27(12-16-6-1-3-7-18(16)28(30)31)21(29)20-10-9-17(33-20)13-32-19-8-4-2-5-15(19)11-26/h1-10H,12-14H2. The van der Waals surface area contributed by atoms with Crippen LogP contribution in [0.15, 0.2) is 65.1 Å². The predicted octanol–water partition coefficient (Wildman–Crippen LogP) is 4.84. The molecule has 0 aliphatic heterocycles. The number of nitriles is 1. The molecule has 0 radical (unpaired) electrons. The van der Waals surface area contributed by atoms with Crippen LogP contribution >= 0.6 is 0 Å². The second-order valence-corrected chi connectivity index (χ2v) is 6.82. The van der Waals surface area contributed by atoms with Crippen molar-refractivity contribution in [2.24, 2.45) is 0 Å². The Morgan fingerprint density at radius 1 is 1.12 bits per heavy atom. The molecule has 33 heavy (non-hydrogen) atoms. The number of nitro groups is 1. The van der Waals surface area contributed by atoms with Gasteiger partial charge in [0, 0.05) is 11.6 Å². The summed E-state index contributed by atoms with van der Waals surface area (Å²) in [6.07, 6.45) is -4.74. The highest BCUT2D eigenvalue weighted by molar-refractivity contribution is 5.91. The number of hydrogen-bond acceptors (Lipinski definition) is 6. The van der Waals surface area contributed by atoms with E-state index in [0.717, 1.165) is 6.07 Å². The normalized spacial score (nSPS) is 11.0. The van der Waals surface area contributed by atoms with Crippen LogP contribution < -0.4 is 4.74 Å². The number of amides is 1. The molecular formula is C22H16F3N3O5. The third kappa shape index (κ3) is 6.10. The number of hydrogen-bond donors (Lipinski definition) is 0. The third-order valence-corrected chi connectivity index (χ3v) is 4.46. The minimum Gasteiger partial charge on any atom is -0.484 e. The van der Waals surface area contributed by atoms with Crippen LogP contribution in [0.25, 0.3) is 0 Å². The van der Waals surface area contributed by atoms with Gasteiger partial charge in [-0.3, -0.25) is 14.9 Å². The lowest BCUT2D eigenvalue weighted by atomic mass is 10.1. The number of alkyl halides is 3. The van der Waals surface area contributed by atoms with Crippen molar-refractivity contribution in [1.29, 1.82) is 5.26 Å². The van der Waals surface area contributed by atoms with Crippen molar-refractivity contribution in [3.05, 3.63) is 93.4 Å². The van der Waals surface area contributed by atoms with Gasteiger partial charge in [-0.15, -0.1) is 0 Å². The summed E-state index contributed by atoms with van der Waals surface area (Å²) in [5.74, 6) is -1.05. The molecule has 3 aromatic rings. The molecule has 0 aliphatic rings. The molecular weight excluding hydrogens is 443 g/mol. The van der Waals surface area contributed by atoms with Gasteiger partial charge in [0.2, 0.25) is 0 Å². The SMILES string of the molecule is N#Cc1ccccc1OCc1ccc(C(=O)N(Cc2ccccc2[N+](=O)[O-])CC(F)(F)F)o1. The van der Waals surface area contributed by atoms with Crippen molar-refractivity contribution in [3.63, 3.8) is 0 Å². The van der Waals surface area contributed by atoms with E-state index in [2.05, 4.69) is 0 Å². The number of benzene rings is 2. The van der Waals surface area contributed by atoms with Crippen LogP contribution in [0.5, 0.6) is 5.75 Å². The number of nitro benzene ring substituents is 1. The van der Waals surface area contributed by atoms with E-state index in [1.54, 1.807) is 24.3 Å². The fourth-order valence-corrected chi connectivity index (χ4v) is 3.00. The maximum absolute atomic E-state index is 13.1. The van der Waals surface area contributed by atoms with Crippen molar-refractivity contribution in [1.82, 2.24) is 4.90 Å². The van der Waals surface area contributed by atoms with E-state index in [1.165, 1.54) is 30.3 Å². The second-order valence-electron chi connectivity index (χ2n) is 6.82. The van der Waals surface area contributed by atoms with Crippen LogP contribution in [0, 0.1) is 21.4 Å². The Hall–Kier alpha value is -4.33. The van der Waals surface area contributed by atoms with E-state index >= 15 is 0 Å². The summed E-state index contributed by atoms with van der Waals surface area (Å²) in [6, 6.07) is 16.2.